The summed E-state index contributed by atoms with van der Waals surface area (Å²) in [4.78, 5) is 26.4. The number of esters is 1. The molecule has 1 amide bonds. The number of amides is 1. The van der Waals surface area contributed by atoms with E-state index in [1.807, 2.05) is 60.7 Å². The predicted molar refractivity (Wildman–Crippen MR) is 114 cm³/mol. The number of carbonyl (C=O) groups is 2. The van der Waals surface area contributed by atoms with E-state index in [0.29, 0.717) is 18.7 Å². The zero-order valence-corrected chi connectivity index (χ0v) is 16.4. The van der Waals surface area contributed by atoms with Crippen molar-refractivity contribution in [1.82, 2.24) is 4.90 Å². The molecule has 3 aromatic rings. The third-order valence-corrected chi connectivity index (χ3v) is 4.40. The maximum Gasteiger partial charge on any atom is 0.331 e. The van der Waals surface area contributed by atoms with E-state index in [1.165, 1.54) is 24.3 Å². The molecule has 0 unspecified atom stereocenters. The van der Waals surface area contributed by atoms with Crippen molar-refractivity contribution in [2.75, 3.05) is 6.61 Å². The minimum atomic E-state index is -0.632. The highest BCUT2D eigenvalue weighted by atomic mass is 19.1. The van der Waals surface area contributed by atoms with Crippen molar-refractivity contribution in [2.24, 2.45) is 0 Å². The van der Waals surface area contributed by atoms with Crippen molar-refractivity contribution in [3.05, 3.63) is 114 Å². The van der Waals surface area contributed by atoms with Crippen LogP contribution < -0.4 is 0 Å². The molecule has 0 aliphatic rings. The van der Waals surface area contributed by atoms with Crippen LogP contribution in [0.1, 0.15) is 16.7 Å². The van der Waals surface area contributed by atoms with Crippen molar-refractivity contribution in [3.8, 4) is 0 Å². The van der Waals surface area contributed by atoms with Crippen LogP contribution in [0.2, 0.25) is 0 Å². The number of hydrogen-bond donors (Lipinski definition) is 0. The first-order valence-electron chi connectivity index (χ1n) is 9.56. The molecule has 152 valence electrons. The molecule has 0 radical (unpaired) electrons. The Balaban J connectivity index is 1.60. The largest absolute Gasteiger partial charge is 0.452 e. The van der Waals surface area contributed by atoms with E-state index in [4.69, 9.17) is 4.74 Å². The Kier molecular flexibility index (Phi) is 7.50. The maximum absolute atomic E-state index is 12.9. The van der Waals surface area contributed by atoms with Gasteiger partial charge in [-0.05, 0) is 34.9 Å². The number of carbonyl (C=O) groups excluding carboxylic acids is 2. The van der Waals surface area contributed by atoms with E-state index >= 15 is 0 Å². The zero-order valence-electron chi connectivity index (χ0n) is 16.4. The molecule has 0 fully saturated rings. The van der Waals surface area contributed by atoms with Crippen LogP contribution in [0.15, 0.2) is 91.0 Å². The molecule has 3 rings (SSSR count). The second-order valence-electron chi connectivity index (χ2n) is 6.71. The van der Waals surface area contributed by atoms with E-state index < -0.39 is 5.97 Å². The van der Waals surface area contributed by atoms with Crippen LogP contribution >= 0.6 is 0 Å². The fourth-order valence-electron chi connectivity index (χ4n) is 2.85. The highest BCUT2D eigenvalue weighted by molar-refractivity contribution is 5.89. The monoisotopic (exact) mass is 403 g/mol. The van der Waals surface area contributed by atoms with Gasteiger partial charge in [0.25, 0.3) is 5.91 Å². The summed E-state index contributed by atoms with van der Waals surface area (Å²) < 4.78 is 18.0. The number of rotatable bonds is 8. The first-order chi connectivity index (χ1) is 14.6. The van der Waals surface area contributed by atoms with Gasteiger partial charge in [0.1, 0.15) is 5.82 Å². The second-order valence-corrected chi connectivity index (χ2v) is 6.71. The summed E-state index contributed by atoms with van der Waals surface area (Å²) in [5.74, 6) is -1.27. The standard InChI is InChI=1S/C25H22FNO3/c26-23-14-11-20(12-15-23)13-16-25(29)30-19-24(28)27(17-21-7-3-1-4-8-21)18-22-9-5-2-6-10-22/h1-16H,17-19H2/b16-13+. The Morgan fingerprint density at radius 1 is 0.800 bits per heavy atom. The number of hydrogen-bond acceptors (Lipinski definition) is 3. The smallest absolute Gasteiger partial charge is 0.331 e. The number of ether oxygens (including phenoxy) is 1. The summed E-state index contributed by atoms with van der Waals surface area (Å²) in [7, 11) is 0. The SMILES string of the molecule is O=C(/C=C/c1ccc(F)cc1)OCC(=O)N(Cc1ccccc1)Cc1ccccc1. The first-order valence-corrected chi connectivity index (χ1v) is 9.56. The molecule has 4 nitrogen and oxygen atoms in total. The van der Waals surface area contributed by atoms with Crippen molar-refractivity contribution in [2.45, 2.75) is 13.1 Å². The highest BCUT2D eigenvalue weighted by Crippen LogP contribution is 2.11. The third kappa shape index (κ3) is 6.71. The minimum Gasteiger partial charge on any atom is -0.452 e. The molecule has 0 saturated heterocycles. The van der Waals surface area contributed by atoms with Crippen LogP contribution in [-0.2, 0) is 27.4 Å². The van der Waals surface area contributed by atoms with Crippen LogP contribution in [0.3, 0.4) is 0 Å². The molecular weight excluding hydrogens is 381 g/mol. The molecule has 0 N–H and O–H groups in total. The number of benzene rings is 3. The molecule has 3 aromatic carbocycles. The van der Waals surface area contributed by atoms with Crippen molar-refractivity contribution in [3.63, 3.8) is 0 Å². The van der Waals surface area contributed by atoms with Crippen LogP contribution in [0.25, 0.3) is 6.08 Å². The lowest BCUT2D eigenvalue weighted by atomic mass is 10.1. The summed E-state index contributed by atoms with van der Waals surface area (Å²) in [6, 6.07) is 25.0. The Morgan fingerprint density at radius 2 is 1.33 bits per heavy atom. The second kappa shape index (κ2) is 10.7. The van der Waals surface area contributed by atoms with Gasteiger partial charge in [0.2, 0.25) is 0 Å². The van der Waals surface area contributed by atoms with Gasteiger partial charge in [-0.3, -0.25) is 4.79 Å². The molecule has 0 aliphatic carbocycles. The Labute approximate surface area is 175 Å². The minimum absolute atomic E-state index is 0.286. The average Bonchev–Trinajstić information content (AvgIpc) is 2.78. The third-order valence-electron chi connectivity index (χ3n) is 4.40. The lowest BCUT2D eigenvalue weighted by molar-refractivity contribution is -0.148. The summed E-state index contributed by atoms with van der Waals surface area (Å²) >= 11 is 0. The fraction of sp³-hybridized carbons (Fsp3) is 0.120. The molecule has 0 saturated carbocycles. The van der Waals surface area contributed by atoms with Crippen molar-refractivity contribution in [1.29, 1.82) is 0 Å². The van der Waals surface area contributed by atoms with E-state index in [0.717, 1.165) is 11.1 Å². The highest BCUT2D eigenvalue weighted by Gasteiger charge is 2.16. The van der Waals surface area contributed by atoms with Crippen molar-refractivity contribution < 1.29 is 18.7 Å². The topological polar surface area (TPSA) is 46.6 Å². The van der Waals surface area contributed by atoms with Gasteiger partial charge in [-0.1, -0.05) is 72.8 Å². The lowest BCUT2D eigenvalue weighted by Crippen LogP contribution is -2.33. The number of halogens is 1. The Morgan fingerprint density at radius 3 is 1.87 bits per heavy atom. The molecular formula is C25H22FNO3. The molecule has 0 spiro atoms. The molecule has 0 bridgehead atoms. The molecule has 0 aromatic heterocycles. The normalized spacial score (nSPS) is 10.7. The molecule has 0 heterocycles. The maximum atomic E-state index is 12.9. The van der Waals surface area contributed by atoms with Crippen LogP contribution in [0, 0.1) is 5.82 Å². The van der Waals surface area contributed by atoms with Gasteiger partial charge in [0.05, 0.1) is 0 Å². The van der Waals surface area contributed by atoms with E-state index in [-0.39, 0.29) is 18.3 Å². The van der Waals surface area contributed by atoms with Gasteiger partial charge in [-0.2, -0.15) is 0 Å². The van der Waals surface area contributed by atoms with Gasteiger partial charge in [-0.15, -0.1) is 0 Å². The molecule has 0 aliphatic heterocycles. The zero-order chi connectivity index (χ0) is 21.2. The van der Waals surface area contributed by atoms with Gasteiger partial charge in [-0.25, -0.2) is 9.18 Å². The van der Waals surface area contributed by atoms with E-state index in [9.17, 15) is 14.0 Å². The van der Waals surface area contributed by atoms with Gasteiger partial charge in [0.15, 0.2) is 6.61 Å². The summed E-state index contributed by atoms with van der Waals surface area (Å²) in [5.41, 5.74) is 2.64. The fourth-order valence-corrected chi connectivity index (χ4v) is 2.85. The molecule has 0 atom stereocenters. The summed E-state index contributed by atoms with van der Waals surface area (Å²) in [5, 5.41) is 0. The van der Waals surface area contributed by atoms with E-state index in [2.05, 4.69) is 0 Å². The Bertz CT molecular complexity index is 944. The quantitative estimate of drug-likeness (QED) is 0.408. The van der Waals surface area contributed by atoms with Crippen LogP contribution in [-0.4, -0.2) is 23.4 Å². The average molecular weight is 403 g/mol. The summed E-state index contributed by atoms with van der Waals surface area (Å²) in [6.07, 6.45) is 2.73. The van der Waals surface area contributed by atoms with Crippen LogP contribution in [0.5, 0.6) is 0 Å². The van der Waals surface area contributed by atoms with Gasteiger partial charge in [0, 0.05) is 19.2 Å². The molecule has 5 heteroatoms. The van der Waals surface area contributed by atoms with Gasteiger partial charge >= 0.3 is 5.97 Å². The summed E-state index contributed by atoms with van der Waals surface area (Å²) in [6.45, 7) is 0.474. The molecule has 30 heavy (non-hydrogen) atoms. The van der Waals surface area contributed by atoms with E-state index in [1.54, 1.807) is 17.0 Å². The first kappa shape index (κ1) is 21.0. The van der Waals surface area contributed by atoms with Crippen molar-refractivity contribution >= 4 is 18.0 Å². The predicted octanol–water partition coefficient (Wildman–Crippen LogP) is 4.61. The Hall–Kier alpha value is -3.73. The number of nitrogens with zero attached hydrogens (tertiary/aromatic N) is 1. The van der Waals surface area contributed by atoms with Gasteiger partial charge < -0.3 is 9.64 Å². The van der Waals surface area contributed by atoms with Crippen LogP contribution in [0.4, 0.5) is 4.39 Å². The lowest BCUT2D eigenvalue weighted by Gasteiger charge is -2.23.